The molecule has 0 bridgehead atoms. The molecule has 5 heteroatoms. The van der Waals surface area contributed by atoms with Crippen molar-refractivity contribution in [2.24, 2.45) is 0 Å². The zero-order valence-electron chi connectivity index (χ0n) is 9.72. The molecule has 0 unspecified atom stereocenters. The quantitative estimate of drug-likeness (QED) is 0.792. The monoisotopic (exact) mass is 318 g/mol. The maximum absolute atomic E-state index is 11.8. The molecule has 1 aromatic rings. The molecule has 1 amide bonds. The van der Waals surface area contributed by atoms with Crippen LogP contribution in [0.3, 0.4) is 0 Å². The third kappa shape index (κ3) is 5.52. The summed E-state index contributed by atoms with van der Waals surface area (Å²) >= 11 is 9.18. The van der Waals surface area contributed by atoms with Gasteiger partial charge < -0.3 is 10.6 Å². The van der Waals surface area contributed by atoms with Crippen LogP contribution < -0.4 is 10.6 Å². The maximum atomic E-state index is 11.8. The maximum Gasteiger partial charge on any atom is 0.251 e. The first-order valence-electron chi connectivity index (χ1n) is 5.58. The number of hydrogen-bond donors (Lipinski definition) is 2. The summed E-state index contributed by atoms with van der Waals surface area (Å²) in [5.74, 6) is -0.105. The van der Waals surface area contributed by atoms with E-state index in [0.717, 1.165) is 24.0 Å². The minimum Gasteiger partial charge on any atom is -0.351 e. The second-order valence-electron chi connectivity index (χ2n) is 3.66. The summed E-state index contributed by atoms with van der Waals surface area (Å²) in [7, 11) is 0. The molecule has 0 atom stereocenters. The van der Waals surface area contributed by atoms with Crippen LogP contribution in [0.2, 0.25) is 5.02 Å². The zero-order chi connectivity index (χ0) is 12.7. The van der Waals surface area contributed by atoms with E-state index in [4.69, 9.17) is 11.6 Å². The van der Waals surface area contributed by atoms with E-state index in [-0.39, 0.29) is 5.91 Å². The predicted octanol–water partition coefficient (Wildman–Crippen LogP) is 2.83. The summed E-state index contributed by atoms with van der Waals surface area (Å²) in [6, 6.07) is 5.16. The molecule has 2 N–H and O–H groups in total. The largest absolute Gasteiger partial charge is 0.351 e. The first-order chi connectivity index (χ1) is 8.13. The van der Waals surface area contributed by atoms with Crippen molar-refractivity contribution in [1.82, 2.24) is 10.6 Å². The van der Waals surface area contributed by atoms with Gasteiger partial charge in [-0.2, -0.15) is 0 Å². The van der Waals surface area contributed by atoms with E-state index in [1.54, 1.807) is 18.2 Å². The van der Waals surface area contributed by atoms with Crippen LogP contribution >= 0.6 is 27.5 Å². The highest BCUT2D eigenvalue weighted by atomic mass is 79.9. The molecular formula is C12H16BrClN2O. The molecule has 0 aliphatic heterocycles. The Morgan fingerprint density at radius 1 is 1.29 bits per heavy atom. The summed E-state index contributed by atoms with van der Waals surface area (Å²) in [6.45, 7) is 4.47. The summed E-state index contributed by atoms with van der Waals surface area (Å²) in [6.07, 6.45) is 1.09. The Morgan fingerprint density at radius 3 is 2.71 bits per heavy atom. The van der Waals surface area contributed by atoms with Gasteiger partial charge >= 0.3 is 0 Å². The molecule has 1 aromatic carbocycles. The number of amides is 1. The molecule has 0 aromatic heterocycles. The highest BCUT2D eigenvalue weighted by Gasteiger charge is 2.06. The van der Waals surface area contributed by atoms with Crippen LogP contribution in [-0.2, 0) is 0 Å². The number of benzene rings is 1. The van der Waals surface area contributed by atoms with Gasteiger partial charge in [-0.05, 0) is 31.2 Å². The van der Waals surface area contributed by atoms with Crippen molar-refractivity contribution in [3.63, 3.8) is 0 Å². The van der Waals surface area contributed by atoms with E-state index in [1.165, 1.54) is 0 Å². The highest BCUT2D eigenvalue weighted by molar-refractivity contribution is 9.10. The van der Waals surface area contributed by atoms with Gasteiger partial charge in [0.15, 0.2) is 0 Å². The lowest BCUT2D eigenvalue weighted by atomic mass is 10.2. The van der Waals surface area contributed by atoms with Crippen LogP contribution in [-0.4, -0.2) is 25.5 Å². The Kier molecular flexibility index (Phi) is 6.55. The fourth-order valence-electron chi connectivity index (χ4n) is 1.35. The Bertz CT molecular complexity index is 365. The van der Waals surface area contributed by atoms with Crippen LogP contribution in [0.1, 0.15) is 23.7 Å². The molecule has 1 rings (SSSR count). The first kappa shape index (κ1) is 14.5. The van der Waals surface area contributed by atoms with Gasteiger partial charge in [-0.3, -0.25) is 4.79 Å². The third-order valence-electron chi connectivity index (χ3n) is 2.14. The molecular weight excluding hydrogens is 304 g/mol. The second-order valence-corrected chi connectivity index (χ2v) is 5.02. The molecule has 0 saturated carbocycles. The lowest BCUT2D eigenvalue weighted by Gasteiger charge is -2.07. The van der Waals surface area contributed by atoms with E-state index in [2.05, 4.69) is 33.5 Å². The summed E-state index contributed by atoms with van der Waals surface area (Å²) in [5, 5.41) is 6.60. The van der Waals surface area contributed by atoms with Gasteiger partial charge in [-0.1, -0.05) is 34.5 Å². The topological polar surface area (TPSA) is 41.1 Å². The van der Waals surface area contributed by atoms with Crippen molar-refractivity contribution in [2.75, 3.05) is 19.6 Å². The summed E-state index contributed by atoms with van der Waals surface area (Å²) in [4.78, 5) is 11.8. The smallest absolute Gasteiger partial charge is 0.251 e. The van der Waals surface area contributed by atoms with Crippen molar-refractivity contribution >= 4 is 33.4 Å². The fraction of sp³-hybridized carbons (Fsp3) is 0.417. The SMILES string of the molecule is CCCNCCNC(=O)c1cc(Cl)cc(Br)c1. The highest BCUT2D eigenvalue weighted by Crippen LogP contribution is 2.19. The molecule has 0 aliphatic rings. The average Bonchev–Trinajstić information content (AvgIpc) is 2.27. The Balaban J connectivity index is 2.41. The predicted molar refractivity (Wildman–Crippen MR) is 74.6 cm³/mol. The van der Waals surface area contributed by atoms with Crippen molar-refractivity contribution in [2.45, 2.75) is 13.3 Å². The lowest BCUT2D eigenvalue weighted by molar-refractivity contribution is 0.0954. The van der Waals surface area contributed by atoms with Gasteiger partial charge in [-0.25, -0.2) is 0 Å². The molecule has 3 nitrogen and oxygen atoms in total. The standard InChI is InChI=1S/C12H16BrClN2O/c1-2-3-15-4-5-16-12(17)9-6-10(13)8-11(14)7-9/h6-8,15H,2-5H2,1H3,(H,16,17). The van der Waals surface area contributed by atoms with Gasteiger partial charge in [0, 0.05) is 28.1 Å². The van der Waals surface area contributed by atoms with Crippen molar-refractivity contribution in [1.29, 1.82) is 0 Å². The number of rotatable bonds is 6. The number of halogens is 2. The molecule has 0 radical (unpaired) electrons. The number of nitrogens with one attached hydrogen (secondary N) is 2. The normalized spacial score (nSPS) is 10.3. The second kappa shape index (κ2) is 7.69. The lowest BCUT2D eigenvalue weighted by Crippen LogP contribution is -2.32. The zero-order valence-corrected chi connectivity index (χ0v) is 12.1. The average molecular weight is 320 g/mol. The molecule has 94 valence electrons. The Morgan fingerprint density at radius 2 is 2.06 bits per heavy atom. The minimum absolute atomic E-state index is 0.105. The molecule has 0 heterocycles. The minimum atomic E-state index is -0.105. The van der Waals surface area contributed by atoms with Crippen molar-refractivity contribution in [3.8, 4) is 0 Å². The first-order valence-corrected chi connectivity index (χ1v) is 6.75. The van der Waals surface area contributed by atoms with E-state index < -0.39 is 0 Å². The third-order valence-corrected chi connectivity index (χ3v) is 2.81. The van der Waals surface area contributed by atoms with Gasteiger partial charge in [0.05, 0.1) is 0 Å². The summed E-state index contributed by atoms with van der Waals surface area (Å²) < 4.78 is 0.805. The van der Waals surface area contributed by atoms with Crippen LogP contribution in [0, 0.1) is 0 Å². The van der Waals surface area contributed by atoms with Crippen LogP contribution in [0.15, 0.2) is 22.7 Å². The van der Waals surface area contributed by atoms with Crippen molar-refractivity contribution < 1.29 is 4.79 Å². The number of carbonyl (C=O) groups is 1. The Hall–Kier alpha value is -0.580. The molecule has 0 saturated heterocycles. The molecule has 17 heavy (non-hydrogen) atoms. The van der Waals surface area contributed by atoms with Crippen molar-refractivity contribution in [3.05, 3.63) is 33.3 Å². The number of hydrogen-bond acceptors (Lipinski definition) is 2. The number of carbonyl (C=O) groups excluding carboxylic acids is 1. The van der Waals surface area contributed by atoms with Crippen LogP contribution in [0.4, 0.5) is 0 Å². The van der Waals surface area contributed by atoms with Gasteiger partial charge in [0.25, 0.3) is 5.91 Å². The fourth-order valence-corrected chi connectivity index (χ4v) is 2.21. The molecule has 0 aliphatic carbocycles. The van der Waals surface area contributed by atoms with E-state index in [1.807, 2.05) is 0 Å². The van der Waals surface area contributed by atoms with E-state index >= 15 is 0 Å². The molecule has 0 fully saturated rings. The molecule has 0 spiro atoms. The van der Waals surface area contributed by atoms with E-state index in [9.17, 15) is 4.79 Å². The van der Waals surface area contributed by atoms with Gasteiger partial charge in [-0.15, -0.1) is 0 Å². The van der Waals surface area contributed by atoms with Gasteiger partial charge in [0.2, 0.25) is 0 Å². The Labute approximate surface area is 115 Å². The van der Waals surface area contributed by atoms with Crippen LogP contribution in [0.5, 0.6) is 0 Å². The van der Waals surface area contributed by atoms with E-state index in [0.29, 0.717) is 17.1 Å². The summed E-state index contributed by atoms with van der Waals surface area (Å²) in [5.41, 5.74) is 0.569. The van der Waals surface area contributed by atoms with Crippen LogP contribution in [0.25, 0.3) is 0 Å². The van der Waals surface area contributed by atoms with Gasteiger partial charge in [0.1, 0.15) is 0 Å².